The van der Waals surface area contributed by atoms with Gasteiger partial charge in [-0.1, -0.05) is 12.8 Å². The van der Waals surface area contributed by atoms with Crippen molar-refractivity contribution in [3.05, 3.63) is 41.8 Å². The van der Waals surface area contributed by atoms with Gasteiger partial charge in [-0.05, 0) is 49.4 Å². The molecule has 1 aromatic carbocycles. The van der Waals surface area contributed by atoms with Crippen LogP contribution in [-0.4, -0.2) is 44.4 Å². The Kier molecular flexibility index (Phi) is 5.99. The Balaban J connectivity index is 1.62. The maximum atomic E-state index is 13.2. The lowest BCUT2D eigenvalue weighted by Gasteiger charge is -2.41. The van der Waals surface area contributed by atoms with E-state index in [-0.39, 0.29) is 17.9 Å². The number of nitrogens with two attached hydrogens (primary N) is 1. The summed E-state index contributed by atoms with van der Waals surface area (Å²) in [6, 6.07) is 7.04. The number of piperidine rings is 1. The van der Waals surface area contributed by atoms with Gasteiger partial charge < -0.3 is 21.1 Å². The van der Waals surface area contributed by atoms with E-state index < -0.39 is 35.8 Å². The summed E-state index contributed by atoms with van der Waals surface area (Å²) in [7, 11) is 0. The Bertz CT molecular complexity index is 1040. The molecule has 1 unspecified atom stereocenters. The number of nitrogens with one attached hydrogen (secondary N) is 1. The lowest BCUT2D eigenvalue weighted by molar-refractivity contribution is 0.0616. The molecular formula is C22H25FN6O3. The van der Waals surface area contributed by atoms with Crippen molar-refractivity contribution in [2.24, 2.45) is 17.6 Å². The summed E-state index contributed by atoms with van der Waals surface area (Å²) in [6.45, 7) is 0.278. The Hall–Kier alpha value is -3.61. The minimum Gasteiger partial charge on any atom is -0.465 e. The van der Waals surface area contributed by atoms with E-state index >= 15 is 0 Å². The highest BCUT2D eigenvalue weighted by molar-refractivity contribution is 5.98. The Morgan fingerprint density at radius 3 is 2.56 bits per heavy atom. The van der Waals surface area contributed by atoms with Crippen molar-refractivity contribution in [1.29, 1.82) is 5.26 Å². The molecule has 32 heavy (non-hydrogen) atoms. The van der Waals surface area contributed by atoms with E-state index in [1.807, 2.05) is 0 Å². The highest BCUT2D eigenvalue weighted by Gasteiger charge is 2.42. The quantitative estimate of drug-likeness (QED) is 0.603. The Labute approximate surface area is 184 Å². The molecule has 10 heteroatoms. The van der Waals surface area contributed by atoms with Gasteiger partial charge in [0.05, 0.1) is 24.1 Å². The molecule has 168 valence electrons. The van der Waals surface area contributed by atoms with Gasteiger partial charge in [-0.15, -0.1) is 0 Å². The number of nitriles is 1. The molecule has 4 rings (SSSR count). The summed E-state index contributed by atoms with van der Waals surface area (Å²) in [5, 5.41) is 27.1. The molecule has 9 nitrogen and oxygen atoms in total. The molecule has 2 amide bonds. The van der Waals surface area contributed by atoms with Crippen LogP contribution in [0.4, 0.5) is 20.7 Å². The summed E-state index contributed by atoms with van der Waals surface area (Å²) in [5.41, 5.74) is 6.20. The lowest BCUT2D eigenvalue weighted by atomic mass is 9.83. The number of carbonyl (C=O) groups excluding carboxylic acids is 1. The van der Waals surface area contributed by atoms with Crippen molar-refractivity contribution in [1.82, 2.24) is 14.7 Å². The molecule has 1 saturated heterocycles. The van der Waals surface area contributed by atoms with E-state index in [4.69, 9.17) is 5.73 Å². The minimum absolute atomic E-state index is 0.140. The van der Waals surface area contributed by atoms with Gasteiger partial charge in [0.2, 0.25) is 0 Å². The van der Waals surface area contributed by atoms with Crippen LogP contribution in [0.1, 0.15) is 48.5 Å². The number of carboxylic acid groups (broad SMARTS) is 1. The number of halogens is 1. The lowest BCUT2D eigenvalue weighted by Crippen LogP contribution is -2.51. The average molecular weight is 440 g/mol. The highest BCUT2D eigenvalue weighted by Crippen LogP contribution is 2.40. The van der Waals surface area contributed by atoms with Crippen molar-refractivity contribution < 1.29 is 19.1 Å². The fraction of sp³-hybridized carbons (Fsp3) is 0.455. The monoisotopic (exact) mass is 440 g/mol. The van der Waals surface area contributed by atoms with Crippen LogP contribution in [0.2, 0.25) is 0 Å². The van der Waals surface area contributed by atoms with Crippen LogP contribution < -0.4 is 11.1 Å². The zero-order valence-corrected chi connectivity index (χ0v) is 17.4. The standard InChI is InChI=1S/C22H25FN6O3/c23-14-4-6-15(7-5-14)26-21-17(20(25)30)12-29(27-21)19-9-10-28(22(31)32)18(16(19)11-24)8-3-13-1-2-13/h4-7,12-13,16,18-19H,1-3,8-10H2,(H2,25,30)(H,26,27)(H,31,32)/t16-,18?,19+/m0/s1. The minimum atomic E-state index is -1.03. The van der Waals surface area contributed by atoms with E-state index in [1.54, 1.807) is 4.68 Å². The first-order chi connectivity index (χ1) is 15.4. The molecule has 1 aliphatic carbocycles. The molecule has 3 atom stereocenters. The van der Waals surface area contributed by atoms with Gasteiger partial charge >= 0.3 is 6.09 Å². The predicted octanol–water partition coefficient (Wildman–Crippen LogP) is 3.49. The largest absolute Gasteiger partial charge is 0.465 e. The number of benzene rings is 1. The fourth-order valence-electron chi connectivity index (χ4n) is 4.43. The molecule has 1 saturated carbocycles. The molecule has 0 radical (unpaired) electrons. The summed E-state index contributed by atoms with van der Waals surface area (Å²) in [4.78, 5) is 25.2. The maximum absolute atomic E-state index is 13.2. The normalized spacial score (nSPS) is 22.9. The van der Waals surface area contributed by atoms with Crippen molar-refractivity contribution in [3.8, 4) is 6.07 Å². The predicted molar refractivity (Wildman–Crippen MR) is 114 cm³/mol. The number of hydrogen-bond acceptors (Lipinski definition) is 5. The van der Waals surface area contributed by atoms with Crippen LogP contribution in [-0.2, 0) is 0 Å². The summed E-state index contributed by atoms with van der Waals surface area (Å²) in [6.07, 6.45) is 4.68. The van der Waals surface area contributed by atoms with E-state index in [1.165, 1.54) is 35.4 Å². The number of primary amides is 1. The third kappa shape index (κ3) is 4.51. The first kappa shape index (κ1) is 21.6. The molecule has 2 aliphatic rings. The third-order valence-electron chi connectivity index (χ3n) is 6.30. The summed E-state index contributed by atoms with van der Waals surface area (Å²) in [5.74, 6) is -0.880. The van der Waals surface area contributed by atoms with Crippen molar-refractivity contribution >= 4 is 23.5 Å². The van der Waals surface area contributed by atoms with Gasteiger partial charge in [-0.3, -0.25) is 9.48 Å². The van der Waals surface area contributed by atoms with E-state index in [0.29, 0.717) is 24.4 Å². The second kappa shape index (κ2) is 8.86. The van der Waals surface area contributed by atoms with Crippen molar-refractivity contribution in [3.63, 3.8) is 0 Å². The molecule has 2 aromatic rings. The van der Waals surface area contributed by atoms with Gasteiger partial charge in [0.15, 0.2) is 5.82 Å². The number of aromatic nitrogens is 2. The SMILES string of the molecule is N#C[C@H]1C(CCC2CC2)N(C(=O)O)CC[C@H]1n1cc(C(N)=O)c(Nc2ccc(F)cc2)n1. The number of rotatable bonds is 7. The topological polar surface area (TPSA) is 137 Å². The van der Waals surface area contributed by atoms with E-state index in [2.05, 4.69) is 16.5 Å². The summed E-state index contributed by atoms with van der Waals surface area (Å²) < 4.78 is 14.8. The number of likely N-dealkylation sites (tertiary alicyclic amines) is 1. The summed E-state index contributed by atoms with van der Waals surface area (Å²) >= 11 is 0. The van der Waals surface area contributed by atoms with Crippen LogP contribution in [0.25, 0.3) is 0 Å². The Morgan fingerprint density at radius 2 is 1.97 bits per heavy atom. The average Bonchev–Trinajstić information content (AvgIpc) is 3.50. The first-order valence-corrected chi connectivity index (χ1v) is 10.7. The van der Waals surface area contributed by atoms with Crippen LogP contribution in [0.15, 0.2) is 30.5 Å². The van der Waals surface area contributed by atoms with Gasteiger partial charge in [0.25, 0.3) is 5.91 Å². The van der Waals surface area contributed by atoms with Crippen LogP contribution >= 0.6 is 0 Å². The van der Waals surface area contributed by atoms with Crippen LogP contribution in [0.5, 0.6) is 0 Å². The van der Waals surface area contributed by atoms with E-state index in [9.17, 15) is 24.3 Å². The van der Waals surface area contributed by atoms with Crippen molar-refractivity contribution in [2.45, 2.75) is 44.2 Å². The molecule has 0 spiro atoms. The van der Waals surface area contributed by atoms with E-state index in [0.717, 1.165) is 19.3 Å². The van der Waals surface area contributed by atoms with Crippen LogP contribution in [0.3, 0.4) is 0 Å². The molecule has 0 bridgehead atoms. The van der Waals surface area contributed by atoms with Gasteiger partial charge in [-0.2, -0.15) is 10.4 Å². The van der Waals surface area contributed by atoms with Crippen molar-refractivity contribution in [2.75, 3.05) is 11.9 Å². The van der Waals surface area contributed by atoms with Gasteiger partial charge in [-0.25, -0.2) is 9.18 Å². The number of anilines is 2. The zero-order valence-electron chi connectivity index (χ0n) is 17.4. The zero-order chi connectivity index (χ0) is 22.8. The van der Waals surface area contributed by atoms with Crippen LogP contribution in [0, 0.1) is 29.0 Å². The second-order valence-corrected chi connectivity index (χ2v) is 8.44. The second-order valence-electron chi connectivity index (χ2n) is 8.44. The first-order valence-electron chi connectivity index (χ1n) is 10.7. The smallest absolute Gasteiger partial charge is 0.407 e. The molecule has 4 N–H and O–H groups in total. The number of amides is 2. The molecule has 2 fully saturated rings. The number of carbonyl (C=O) groups is 2. The number of nitrogens with zero attached hydrogens (tertiary/aromatic N) is 4. The molecule has 2 heterocycles. The Morgan fingerprint density at radius 1 is 1.25 bits per heavy atom. The number of hydrogen-bond donors (Lipinski definition) is 3. The molecule has 1 aromatic heterocycles. The van der Waals surface area contributed by atoms with Gasteiger partial charge in [0.1, 0.15) is 11.4 Å². The molecular weight excluding hydrogens is 415 g/mol. The maximum Gasteiger partial charge on any atom is 0.407 e. The molecule has 1 aliphatic heterocycles. The van der Waals surface area contributed by atoms with Gasteiger partial charge in [0, 0.05) is 18.4 Å². The third-order valence-corrected chi connectivity index (χ3v) is 6.30. The fourth-order valence-corrected chi connectivity index (χ4v) is 4.43. The highest BCUT2D eigenvalue weighted by atomic mass is 19.1.